The van der Waals surface area contributed by atoms with Gasteiger partial charge < -0.3 is 0 Å². The van der Waals surface area contributed by atoms with Crippen molar-refractivity contribution in [1.29, 1.82) is 0 Å². The molecule has 6 heteroatoms. The molecule has 0 radical (unpaired) electrons. The van der Waals surface area contributed by atoms with Crippen molar-refractivity contribution in [2.75, 3.05) is 0 Å². The second-order valence-electron chi connectivity index (χ2n) is 4.98. The number of hydrogen-bond acceptors (Lipinski definition) is 2. The molecular formula is C13H17ClFNO2S. The summed E-state index contributed by atoms with van der Waals surface area (Å²) >= 11 is 5.99. The van der Waals surface area contributed by atoms with E-state index in [0.29, 0.717) is 5.56 Å². The van der Waals surface area contributed by atoms with Gasteiger partial charge in [0.05, 0.1) is 4.90 Å². The van der Waals surface area contributed by atoms with Crippen LogP contribution in [0.4, 0.5) is 4.39 Å². The molecule has 0 heterocycles. The van der Waals surface area contributed by atoms with Gasteiger partial charge in [0.1, 0.15) is 5.82 Å². The molecule has 0 unspecified atom stereocenters. The highest BCUT2D eigenvalue weighted by atomic mass is 35.5. The van der Waals surface area contributed by atoms with Crippen LogP contribution in [0.15, 0.2) is 23.1 Å². The van der Waals surface area contributed by atoms with Crippen LogP contribution in [0.3, 0.4) is 0 Å². The fourth-order valence-electron chi connectivity index (χ4n) is 2.37. The highest BCUT2D eigenvalue weighted by molar-refractivity contribution is 7.89. The van der Waals surface area contributed by atoms with Crippen molar-refractivity contribution < 1.29 is 12.8 Å². The molecule has 0 atom stereocenters. The van der Waals surface area contributed by atoms with E-state index in [2.05, 4.69) is 4.72 Å². The molecule has 1 saturated carbocycles. The zero-order chi connectivity index (χ0) is 14.0. The Hall–Kier alpha value is -0.650. The van der Waals surface area contributed by atoms with E-state index in [1.165, 1.54) is 12.1 Å². The fraction of sp³-hybridized carbons (Fsp3) is 0.538. The summed E-state index contributed by atoms with van der Waals surface area (Å²) in [5.74, 6) is -0.431. The Morgan fingerprint density at radius 3 is 2.47 bits per heavy atom. The van der Waals surface area contributed by atoms with Gasteiger partial charge in [-0.05, 0) is 56.4 Å². The Labute approximate surface area is 118 Å². The molecule has 1 N–H and O–H groups in total. The quantitative estimate of drug-likeness (QED) is 0.873. The number of hydrogen-bond donors (Lipinski definition) is 1. The molecule has 1 aromatic rings. The van der Waals surface area contributed by atoms with E-state index in [4.69, 9.17) is 11.6 Å². The van der Waals surface area contributed by atoms with Crippen molar-refractivity contribution in [2.45, 2.75) is 48.9 Å². The molecule has 1 aromatic carbocycles. The number of rotatable bonds is 3. The summed E-state index contributed by atoms with van der Waals surface area (Å²) in [5.41, 5.74) is 0.415. The molecule has 0 aromatic heterocycles. The predicted octanol–water partition coefficient (Wildman–Crippen LogP) is 2.96. The number of sulfonamides is 1. The highest BCUT2D eigenvalue weighted by Crippen LogP contribution is 2.25. The Kier molecular flexibility index (Phi) is 4.48. The van der Waals surface area contributed by atoms with E-state index in [0.717, 1.165) is 31.7 Å². The van der Waals surface area contributed by atoms with E-state index in [-0.39, 0.29) is 16.3 Å². The molecule has 0 amide bonds. The Balaban J connectivity index is 2.14. The van der Waals surface area contributed by atoms with Gasteiger partial charge in [-0.3, -0.25) is 0 Å². The minimum atomic E-state index is -3.58. The molecular weight excluding hydrogens is 289 g/mol. The zero-order valence-corrected chi connectivity index (χ0v) is 12.3. The lowest BCUT2D eigenvalue weighted by Crippen LogP contribution is -2.38. The highest BCUT2D eigenvalue weighted by Gasteiger charge is 2.25. The molecule has 1 aliphatic rings. The van der Waals surface area contributed by atoms with Gasteiger partial charge in [-0.2, -0.15) is 0 Å². The lowest BCUT2D eigenvalue weighted by molar-refractivity contribution is 0.416. The van der Waals surface area contributed by atoms with Gasteiger partial charge in [0.25, 0.3) is 0 Å². The molecule has 0 saturated heterocycles. The topological polar surface area (TPSA) is 46.2 Å². The minimum absolute atomic E-state index is 0.0792. The molecule has 3 nitrogen and oxygen atoms in total. The van der Waals surface area contributed by atoms with Crippen LogP contribution in [0.5, 0.6) is 0 Å². The molecule has 106 valence electrons. The SMILES string of the molecule is Cc1cc(F)ccc1S(=O)(=O)NC1CCC(Cl)CC1. The Morgan fingerprint density at radius 2 is 1.89 bits per heavy atom. The van der Waals surface area contributed by atoms with Crippen molar-refractivity contribution >= 4 is 21.6 Å². The van der Waals surface area contributed by atoms with E-state index < -0.39 is 15.8 Å². The molecule has 1 fully saturated rings. The average Bonchev–Trinajstić information content (AvgIpc) is 2.31. The lowest BCUT2D eigenvalue weighted by atomic mass is 9.96. The third-order valence-electron chi connectivity index (χ3n) is 3.41. The smallest absolute Gasteiger partial charge is 0.208 e. The third-order valence-corrected chi connectivity index (χ3v) is 5.52. The van der Waals surface area contributed by atoms with Crippen LogP contribution >= 0.6 is 11.6 Å². The molecule has 0 bridgehead atoms. The summed E-state index contributed by atoms with van der Waals surface area (Å²) in [5, 5.41) is 0.147. The van der Waals surface area contributed by atoms with Crippen LogP contribution in [-0.4, -0.2) is 19.8 Å². The van der Waals surface area contributed by atoms with Crippen LogP contribution in [0.2, 0.25) is 0 Å². The van der Waals surface area contributed by atoms with Gasteiger partial charge in [0.2, 0.25) is 10.0 Å². The summed E-state index contributed by atoms with van der Waals surface area (Å²) < 4.78 is 40.2. The van der Waals surface area contributed by atoms with E-state index in [1.54, 1.807) is 6.92 Å². The number of alkyl halides is 1. The van der Waals surface area contributed by atoms with Gasteiger partial charge in [0, 0.05) is 11.4 Å². The van der Waals surface area contributed by atoms with Crippen molar-refractivity contribution in [1.82, 2.24) is 4.72 Å². The average molecular weight is 306 g/mol. The monoisotopic (exact) mass is 305 g/mol. The maximum absolute atomic E-state index is 13.0. The maximum atomic E-state index is 13.0. The standard InChI is InChI=1S/C13H17ClFNO2S/c1-9-8-11(15)4-7-13(9)19(17,18)16-12-5-2-10(14)3-6-12/h4,7-8,10,12,16H,2-3,5-6H2,1H3. The second-order valence-corrected chi connectivity index (χ2v) is 7.28. The number of halogens is 2. The van der Waals surface area contributed by atoms with Crippen molar-refractivity contribution in [3.63, 3.8) is 0 Å². The van der Waals surface area contributed by atoms with Crippen molar-refractivity contribution in [3.8, 4) is 0 Å². The van der Waals surface area contributed by atoms with Gasteiger partial charge in [-0.1, -0.05) is 0 Å². The number of benzene rings is 1. The maximum Gasteiger partial charge on any atom is 0.241 e. The fourth-order valence-corrected chi connectivity index (χ4v) is 4.15. The van der Waals surface area contributed by atoms with E-state index >= 15 is 0 Å². The molecule has 1 aliphatic carbocycles. The normalized spacial score (nSPS) is 24.4. The zero-order valence-electron chi connectivity index (χ0n) is 10.7. The van der Waals surface area contributed by atoms with Gasteiger partial charge >= 0.3 is 0 Å². The second kappa shape index (κ2) is 5.77. The Bertz CT molecular complexity index is 554. The van der Waals surface area contributed by atoms with Crippen LogP contribution in [0.25, 0.3) is 0 Å². The van der Waals surface area contributed by atoms with E-state index in [1.807, 2.05) is 0 Å². The van der Waals surface area contributed by atoms with Gasteiger partial charge in [-0.15, -0.1) is 11.6 Å². The van der Waals surface area contributed by atoms with Gasteiger partial charge in [0.15, 0.2) is 0 Å². The summed E-state index contributed by atoms with van der Waals surface area (Å²) in [7, 11) is -3.58. The summed E-state index contributed by atoms with van der Waals surface area (Å²) in [6.07, 6.45) is 3.12. The minimum Gasteiger partial charge on any atom is -0.208 e. The summed E-state index contributed by atoms with van der Waals surface area (Å²) in [6, 6.07) is 3.62. The molecule has 0 spiro atoms. The third kappa shape index (κ3) is 3.68. The van der Waals surface area contributed by atoms with E-state index in [9.17, 15) is 12.8 Å². The first-order valence-corrected chi connectivity index (χ1v) is 8.23. The first kappa shape index (κ1) is 14.8. The van der Waals surface area contributed by atoms with Crippen molar-refractivity contribution in [2.24, 2.45) is 0 Å². The predicted molar refractivity (Wildman–Crippen MR) is 73.4 cm³/mol. The molecule has 2 rings (SSSR count). The summed E-state index contributed by atoms with van der Waals surface area (Å²) in [4.78, 5) is 0.141. The Morgan fingerprint density at radius 1 is 1.26 bits per heavy atom. The van der Waals surface area contributed by atoms with Gasteiger partial charge in [-0.25, -0.2) is 17.5 Å². The molecule has 19 heavy (non-hydrogen) atoms. The lowest BCUT2D eigenvalue weighted by Gasteiger charge is -2.25. The molecule has 0 aliphatic heterocycles. The first-order chi connectivity index (χ1) is 8.88. The first-order valence-electron chi connectivity index (χ1n) is 6.31. The largest absolute Gasteiger partial charge is 0.241 e. The number of aryl methyl sites for hydroxylation is 1. The van der Waals surface area contributed by atoms with Crippen LogP contribution < -0.4 is 4.72 Å². The summed E-state index contributed by atoms with van der Waals surface area (Å²) in [6.45, 7) is 1.59. The van der Waals surface area contributed by atoms with Crippen molar-refractivity contribution in [3.05, 3.63) is 29.6 Å². The van der Waals surface area contributed by atoms with Crippen LogP contribution in [0.1, 0.15) is 31.2 Å². The van der Waals surface area contributed by atoms with Crippen LogP contribution in [-0.2, 0) is 10.0 Å². The van der Waals surface area contributed by atoms with Crippen LogP contribution in [0, 0.1) is 12.7 Å². The number of nitrogens with one attached hydrogen (secondary N) is 1.